The minimum atomic E-state index is -1.27. The predicted molar refractivity (Wildman–Crippen MR) is 61.9 cm³/mol. The number of nitrogens with zero attached hydrogens (tertiary/aromatic N) is 2. The maximum atomic E-state index is 10.9. The number of aliphatic carboxylic acids is 1. The van der Waals surface area contributed by atoms with E-state index in [0.29, 0.717) is 11.3 Å². The molecule has 0 atom stereocenters. The molecule has 0 bridgehead atoms. The van der Waals surface area contributed by atoms with Crippen LogP contribution in [0.15, 0.2) is 30.6 Å². The van der Waals surface area contributed by atoms with E-state index in [0.717, 1.165) is 5.52 Å². The van der Waals surface area contributed by atoms with Crippen LogP contribution in [0.25, 0.3) is 11.0 Å². The van der Waals surface area contributed by atoms with Crippen LogP contribution in [0, 0.1) is 0 Å². The maximum Gasteiger partial charge on any atom is 0.347 e. The van der Waals surface area contributed by atoms with E-state index in [9.17, 15) is 4.79 Å². The molecule has 0 aliphatic heterocycles. The van der Waals surface area contributed by atoms with Gasteiger partial charge in [-0.2, -0.15) is 0 Å². The Balaban J connectivity index is 2.34. The van der Waals surface area contributed by atoms with Gasteiger partial charge in [0.05, 0.1) is 11.0 Å². The van der Waals surface area contributed by atoms with Gasteiger partial charge in [0.1, 0.15) is 5.75 Å². The number of hydrogen-bond acceptors (Lipinski definition) is 4. The zero-order valence-corrected chi connectivity index (χ0v) is 9.54. The normalized spacial score (nSPS) is 11.4. The molecule has 88 valence electrons. The maximum absolute atomic E-state index is 10.9. The molecular weight excluding hydrogens is 220 g/mol. The summed E-state index contributed by atoms with van der Waals surface area (Å²) in [6.45, 7) is 2.99. The van der Waals surface area contributed by atoms with Gasteiger partial charge in [-0.05, 0) is 26.0 Å². The highest BCUT2D eigenvalue weighted by Gasteiger charge is 2.29. The molecule has 0 unspecified atom stereocenters. The average molecular weight is 232 g/mol. The van der Waals surface area contributed by atoms with Crippen LogP contribution >= 0.6 is 0 Å². The first-order valence-electron chi connectivity index (χ1n) is 5.12. The third-order valence-corrected chi connectivity index (χ3v) is 2.33. The van der Waals surface area contributed by atoms with E-state index in [-0.39, 0.29) is 0 Å². The molecule has 0 radical (unpaired) electrons. The number of carboxylic acid groups (broad SMARTS) is 1. The number of rotatable bonds is 3. The van der Waals surface area contributed by atoms with Crippen molar-refractivity contribution >= 4 is 17.0 Å². The number of ether oxygens (including phenoxy) is 1. The molecule has 0 aliphatic rings. The monoisotopic (exact) mass is 232 g/mol. The van der Waals surface area contributed by atoms with E-state index in [1.165, 1.54) is 13.8 Å². The number of benzene rings is 1. The number of hydrogen-bond donors (Lipinski definition) is 1. The van der Waals surface area contributed by atoms with Crippen LogP contribution in [0.5, 0.6) is 5.75 Å². The van der Waals surface area contributed by atoms with Gasteiger partial charge >= 0.3 is 5.97 Å². The molecule has 1 aromatic heterocycles. The Morgan fingerprint density at radius 1 is 1.24 bits per heavy atom. The van der Waals surface area contributed by atoms with E-state index in [2.05, 4.69) is 9.97 Å². The molecular formula is C12H12N2O3. The quantitative estimate of drug-likeness (QED) is 0.874. The van der Waals surface area contributed by atoms with Crippen LogP contribution in [-0.2, 0) is 4.79 Å². The minimum Gasteiger partial charge on any atom is -0.478 e. The standard InChI is InChI=1S/C12H12N2O3/c1-12(2,11(15)16)17-8-3-4-9-10(7-8)14-6-5-13-9/h3-7H,1-2H3,(H,15,16). The van der Waals surface area contributed by atoms with Crippen molar-refractivity contribution in [1.29, 1.82) is 0 Å². The van der Waals surface area contributed by atoms with Crippen molar-refractivity contribution in [3.8, 4) is 5.75 Å². The zero-order chi connectivity index (χ0) is 12.5. The third kappa shape index (κ3) is 2.33. The van der Waals surface area contributed by atoms with Gasteiger partial charge < -0.3 is 9.84 Å². The zero-order valence-electron chi connectivity index (χ0n) is 9.54. The summed E-state index contributed by atoms with van der Waals surface area (Å²) in [4.78, 5) is 19.2. The van der Waals surface area contributed by atoms with Crippen LogP contribution < -0.4 is 4.74 Å². The van der Waals surface area contributed by atoms with Crippen molar-refractivity contribution in [1.82, 2.24) is 9.97 Å². The second kappa shape index (κ2) is 4.01. The topological polar surface area (TPSA) is 72.3 Å². The first-order chi connectivity index (χ1) is 7.99. The summed E-state index contributed by atoms with van der Waals surface area (Å²) < 4.78 is 5.40. The molecule has 0 amide bonds. The number of fused-ring (bicyclic) bond motifs is 1. The minimum absolute atomic E-state index is 0.463. The van der Waals surface area contributed by atoms with Crippen LogP contribution in [0.2, 0.25) is 0 Å². The molecule has 0 spiro atoms. The first-order valence-corrected chi connectivity index (χ1v) is 5.12. The molecule has 1 heterocycles. The van der Waals surface area contributed by atoms with E-state index in [1.807, 2.05) is 0 Å². The van der Waals surface area contributed by atoms with E-state index in [4.69, 9.17) is 9.84 Å². The van der Waals surface area contributed by atoms with Crippen molar-refractivity contribution < 1.29 is 14.6 Å². The molecule has 0 saturated heterocycles. The van der Waals surface area contributed by atoms with Crippen molar-refractivity contribution in [3.63, 3.8) is 0 Å². The largest absolute Gasteiger partial charge is 0.478 e. The van der Waals surface area contributed by atoms with Gasteiger partial charge in [-0.15, -0.1) is 0 Å². The smallest absolute Gasteiger partial charge is 0.347 e. The second-order valence-corrected chi connectivity index (χ2v) is 4.12. The summed E-state index contributed by atoms with van der Waals surface area (Å²) in [7, 11) is 0. The van der Waals surface area contributed by atoms with Gasteiger partial charge in [0.25, 0.3) is 0 Å². The first kappa shape index (κ1) is 11.3. The Morgan fingerprint density at radius 2 is 1.88 bits per heavy atom. The van der Waals surface area contributed by atoms with Crippen molar-refractivity contribution in [2.24, 2.45) is 0 Å². The van der Waals surface area contributed by atoms with E-state index in [1.54, 1.807) is 30.6 Å². The highest BCUT2D eigenvalue weighted by molar-refractivity contribution is 5.78. The van der Waals surface area contributed by atoms with Gasteiger partial charge in [-0.1, -0.05) is 0 Å². The van der Waals surface area contributed by atoms with Crippen molar-refractivity contribution in [2.75, 3.05) is 0 Å². The molecule has 0 aliphatic carbocycles. The predicted octanol–water partition coefficient (Wildman–Crippen LogP) is 1.87. The summed E-state index contributed by atoms with van der Waals surface area (Å²) in [6.07, 6.45) is 3.18. The fraction of sp³-hybridized carbons (Fsp3) is 0.250. The van der Waals surface area contributed by atoms with Gasteiger partial charge in [-0.3, -0.25) is 9.97 Å². The lowest BCUT2D eigenvalue weighted by Gasteiger charge is -2.21. The van der Waals surface area contributed by atoms with Crippen LogP contribution in [0.4, 0.5) is 0 Å². The van der Waals surface area contributed by atoms with Crippen LogP contribution in [-0.4, -0.2) is 26.6 Å². The SMILES string of the molecule is CC(C)(Oc1ccc2nccnc2c1)C(=O)O. The fourth-order valence-electron chi connectivity index (χ4n) is 1.34. The summed E-state index contributed by atoms with van der Waals surface area (Å²) in [5, 5.41) is 8.96. The van der Waals surface area contributed by atoms with Crippen LogP contribution in [0.1, 0.15) is 13.8 Å². The number of aromatic nitrogens is 2. The summed E-state index contributed by atoms with van der Waals surface area (Å²) in [5.41, 5.74) is 0.148. The lowest BCUT2D eigenvalue weighted by atomic mass is 10.1. The van der Waals surface area contributed by atoms with Gasteiger partial charge in [0, 0.05) is 18.5 Å². The Hall–Kier alpha value is -2.17. The van der Waals surface area contributed by atoms with Crippen molar-refractivity contribution in [2.45, 2.75) is 19.4 Å². The second-order valence-electron chi connectivity index (χ2n) is 4.12. The molecule has 2 rings (SSSR count). The molecule has 5 heteroatoms. The fourth-order valence-corrected chi connectivity index (χ4v) is 1.34. The molecule has 5 nitrogen and oxygen atoms in total. The third-order valence-electron chi connectivity index (χ3n) is 2.33. The lowest BCUT2D eigenvalue weighted by Crippen LogP contribution is -2.37. The Morgan fingerprint density at radius 3 is 2.53 bits per heavy atom. The van der Waals surface area contributed by atoms with E-state index >= 15 is 0 Å². The number of carboxylic acids is 1. The summed E-state index contributed by atoms with van der Waals surface area (Å²) in [6, 6.07) is 5.10. The molecule has 2 aromatic rings. The summed E-state index contributed by atoms with van der Waals surface area (Å²) >= 11 is 0. The Labute approximate surface area is 98.1 Å². The van der Waals surface area contributed by atoms with Gasteiger partial charge in [-0.25, -0.2) is 4.79 Å². The van der Waals surface area contributed by atoms with Crippen LogP contribution in [0.3, 0.4) is 0 Å². The highest BCUT2D eigenvalue weighted by atomic mass is 16.5. The Kier molecular flexibility index (Phi) is 2.67. The average Bonchev–Trinajstić information content (AvgIpc) is 2.28. The highest BCUT2D eigenvalue weighted by Crippen LogP contribution is 2.22. The Bertz CT molecular complexity index is 566. The molecule has 1 aromatic carbocycles. The van der Waals surface area contributed by atoms with Crippen molar-refractivity contribution in [3.05, 3.63) is 30.6 Å². The number of carbonyl (C=O) groups is 1. The lowest BCUT2D eigenvalue weighted by molar-refractivity contribution is -0.152. The van der Waals surface area contributed by atoms with Gasteiger partial charge in [0.15, 0.2) is 5.60 Å². The molecule has 17 heavy (non-hydrogen) atoms. The van der Waals surface area contributed by atoms with Gasteiger partial charge in [0.2, 0.25) is 0 Å². The molecule has 0 saturated carbocycles. The summed E-state index contributed by atoms with van der Waals surface area (Å²) in [5.74, 6) is -0.554. The van der Waals surface area contributed by atoms with E-state index < -0.39 is 11.6 Å². The molecule has 1 N–H and O–H groups in total. The molecule has 0 fully saturated rings.